The van der Waals surface area contributed by atoms with Crippen LogP contribution in [0.5, 0.6) is 0 Å². The fraction of sp³-hybridized carbons (Fsp3) is 0.273. The Kier molecular flexibility index (Phi) is 5.06. The average molecular weight is 385 g/mol. The summed E-state index contributed by atoms with van der Waals surface area (Å²) in [4.78, 5) is 25.0. The SMILES string of the molecule is CC(C)=Cc1c(C)cccc1C(=O)NC1(C(=O)O)Cc2cc(F)c(F)cc2C1. The van der Waals surface area contributed by atoms with Crippen LogP contribution in [-0.2, 0) is 17.6 Å². The van der Waals surface area contributed by atoms with Gasteiger partial charge in [0, 0.05) is 18.4 Å². The number of allylic oxidation sites excluding steroid dienone is 1. The fourth-order valence-corrected chi connectivity index (χ4v) is 3.61. The minimum absolute atomic E-state index is 0.107. The Morgan fingerprint density at radius 1 is 1.11 bits per heavy atom. The van der Waals surface area contributed by atoms with Crippen LogP contribution in [0.2, 0.25) is 0 Å². The summed E-state index contributed by atoms with van der Waals surface area (Å²) in [5, 5.41) is 12.4. The first-order valence-corrected chi connectivity index (χ1v) is 8.90. The number of nitrogens with one attached hydrogen (secondary N) is 1. The third-order valence-electron chi connectivity index (χ3n) is 4.99. The van der Waals surface area contributed by atoms with Gasteiger partial charge in [-0.3, -0.25) is 4.79 Å². The number of carboxylic acids is 1. The second kappa shape index (κ2) is 7.19. The third kappa shape index (κ3) is 3.54. The van der Waals surface area contributed by atoms with Crippen molar-refractivity contribution in [1.29, 1.82) is 0 Å². The largest absolute Gasteiger partial charge is 0.479 e. The van der Waals surface area contributed by atoms with Crippen molar-refractivity contribution in [2.75, 3.05) is 0 Å². The van der Waals surface area contributed by atoms with E-state index in [2.05, 4.69) is 5.32 Å². The minimum Gasteiger partial charge on any atom is -0.479 e. The number of carbonyl (C=O) groups excluding carboxylic acids is 1. The van der Waals surface area contributed by atoms with Gasteiger partial charge in [0.1, 0.15) is 5.54 Å². The van der Waals surface area contributed by atoms with Crippen LogP contribution in [-0.4, -0.2) is 22.5 Å². The molecule has 0 aromatic heterocycles. The van der Waals surface area contributed by atoms with Crippen molar-refractivity contribution in [3.8, 4) is 0 Å². The Morgan fingerprint density at radius 3 is 2.18 bits per heavy atom. The van der Waals surface area contributed by atoms with E-state index in [1.54, 1.807) is 12.1 Å². The van der Waals surface area contributed by atoms with Gasteiger partial charge in [-0.25, -0.2) is 13.6 Å². The van der Waals surface area contributed by atoms with Crippen LogP contribution in [0.25, 0.3) is 6.08 Å². The number of carbonyl (C=O) groups is 2. The molecule has 2 N–H and O–H groups in total. The molecular formula is C22H21F2NO3. The van der Waals surface area contributed by atoms with Crippen LogP contribution in [0.4, 0.5) is 8.78 Å². The Bertz CT molecular complexity index is 976. The molecule has 0 radical (unpaired) electrons. The molecule has 4 nitrogen and oxygen atoms in total. The number of amides is 1. The molecule has 1 aliphatic carbocycles. The summed E-state index contributed by atoms with van der Waals surface area (Å²) in [6.07, 6.45) is 1.65. The molecule has 0 fully saturated rings. The van der Waals surface area contributed by atoms with E-state index in [1.807, 2.05) is 32.9 Å². The maximum absolute atomic E-state index is 13.6. The van der Waals surface area contributed by atoms with E-state index in [0.717, 1.165) is 23.3 Å². The lowest BCUT2D eigenvalue weighted by Gasteiger charge is -2.26. The highest BCUT2D eigenvalue weighted by molar-refractivity contribution is 6.01. The molecule has 0 heterocycles. The molecule has 6 heteroatoms. The predicted molar refractivity (Wildman–Crippen MR) is 102 cm³/mol. The van der Waals surface area contributed by atoms with Crippen LogP contribution in [0.3, 0.4) is 0 Å². The first-order chi connectivity index (χ1) is 13.1. The molecule has 1 amide bonds. The van der Waals surface area contributed by atoms with E-state index in [4.69, 9.17) is 0 Å². The molecule has 28 heavy (non-hydrogen) atoms. The standard InChI is InChI=1S/C22H21F2NO3/c1-12(2)7-17-13(3)5-4-6-16(17)20(26)25-22(21(27)28)10-14-8-18(23)19(24)9-15(14)11-22/h4-9H,10-11H2,1-3H3,(H,25,26)(H,27,28). The Hall–Kier alpha value is -3.02. The molecule has 0 saturated carbocycles. The maximum Gasteiger partial charge on any atom is 0.330 e. The summed E-state index contributed by atoms with van der Waals surface area (Å²) < 4.78 is 27.1. The lowest BCUT2D eigenvalue weighted by Crippen LogP contribution is -2.55. The topological polar surface area (TPSA) is 66.4 Å². The van der Waals surface area contributed by atoms with Crippen LogP contribution in [0, 0.1) is 18.6 Å². The molecule has 0 spiro atoms. The van der Waals surface area contributed by atoms with E-state index < -0.39 is 29.0 Å². The molecule has 1 aliphatic rings. The first kappa shape index (κ1) is 19.7. The zero-order valence-electron chi connectivity index (χ0n) is 15.9. The quantitative estimate of drug-likeness (QED) is 0.835. The van der Waals surface area contributed by atoms with Crippen LogP contribution in [0.1, 0.15) is 46.5 Å². The van der Waals surface area contributed by atoms with Crippen molar-refractivity contribution in [3.63, 3.8) is 0 Å². The van der Waals surface area contributed by atoms with Crippen LogP contribution < -0.4 is 5.32 Å². The van der Waals surface area contributed by atoms with Gasteiger partial charge in [-0.05, 0) is 61.2 Å². The lowest BCUT2D eigenvalue weighted by atomic mass is 9.93. The Balaban J connectivity index is 1.98. The Morgan fingerprint density at radius 2 is 1.68 bits per heavy atom. The van der Waals surface area contributed by atoms with Crippen molar-refractivity contribution in [3.05, 3.63) is 75.4 Å². The second-order valence-electron chi connectivity index (χ2n) is 7.49. The summed E-state index contributed by atoms with van der Waals surface area (Å²) in [5.41, 5.74) is 2.08. The maximum atomic E-state index is 13.6. The number of fused-ring (bicyclic) bond motifs is 1. The molecule has 0 bridgehead atoms. The Labute approximate surface area is 161 Å². The molecule has 3 rings (SSSR count). The number of hydrogen-bond donors (Lipinski definition) is 2. The second-order valence-corrected chi connectivity index (χ2v) is 7.49. The molecule has 0 saturated heterocycles. The summed E-state index contributed by atoms with van der Waals surface area (Å²) >= 11 is 0. The summed E-state index contributed by atoms with van der Waals surface area (Å²) in [7, 11) is 0. The number of aryl methyl sites for hydroxylation is 1. The summed E-state index contributed by atoms with van der Waals surface area (Å²) in [5.74, 6) is -3.84. The van der Waals surface area contributed by atoms with Crippen LogP contribution >= 0.6 is 0 Å². The van der Waals surface area contributed by atoms with Gasteiger partial charge in [-0.1, -0.05) is 23.8 Å². The van der Waals surface area contributed by atoms with Gasteiger partial charge in [0.2, 0.25) is 0 Å². The van der Waals surface area contributed by atoms with Crippen LogP contribution in [0.15, 0.2) is 35.9 Å². The van der Waals surface area contributed by atoms with Gasteiger partial charge >= 0.3 is 5.97 Å². The van der Waals surface area contributed by atoms with Crippen molar-refractivity contribution >= 4 is 18.0 Å². The normalized spacial score (nSPS) is 14.3. The van der Waals surface area contributed by atoms with Gasteiger partial charge in [0.15, 0.2) is 11.6 Å². The van der Waals surface area contributed by atoms with Crippen molar-refractivity contribution in [1.82, 2.24) is 5.32 Å². The molecule has 0 atom stereocenters. The van der Waals surface area contributed by atoms with Gasteiger partial charge in [-0.2, -0.15) is 0 Å². The highest BCUT2D eigenvalue weighted by Crippen LogP contribution is 2.33. The molecule has 2 aromatic carbocycles. The lowest BCUT2D eigenvalue weighted by molar-refractivity contribution is -0.144. The number of halogens is 2. The van der Waals surface area contributed by atoms with Crippen molar-refractivity contribution < 1.29 is 23.5 Å². The third-order valence-corrected chi connectivity index (χ3v) is 4.99. The number of carboxylic acid groups (broad SMARTS) is 1. The first-order valence-electron chi connectivity index (χ1n) is 8.90. The summed E-state index contributed by atoms with van der Waals surface area (Å²) in [6, 6.07) is 7.24. The number of hydrogen-bond acceptors (Lipinski definition) is 2. The number of benzene rings is 2. The average Bonchev–Trinajstić information content (AvgIpc) is 2.95. The van der Waals surface area contributed by atoms with E-state index in [0.29, 0.717) is 22.3 Å². The zero-order valence-corrected chi connectivity index (χ0v) is 15.9. The number of aliphatic carboxylic acids is 1. The molecule has 0 aliphatic heterocycles. The van der Waals surface area contributed by atoms with Gasteiger partial charge in [-0.15, -0.1) is 0 Å². The summed E-state index contributed by atoms with van der Waals surface area (Å²) in [6.45, 7) is 5.68. The highest BCUT2D eigenvalue weighted by Gasteiger charge is 2.46. The molecule has 146 valence electrons. The minimum atomic E-state index is -1.65. The smallest absolute Gasteiger partial charge is 0.330 e. The van der Waals surface area contributed by atoms with E-state index >= 15 is 0 Å². The fourth-order valence-electron chi connectivity index (χ4n) is 3.61. The van der Waals surface area contributed by atoms with E-state index in [9.17, 15) is 23.5 Å². The molecule has 2 aromatic rings. The van der Waals surface area contributed by atoms with E-state index in [1.165, 1.54) is 0 Å². The molecule has 0 unspecified atom stereocenters. The zero-order chi connectivity index (χ0) is 20.6. The van der Waals surface area contributed by atoms with Gasteiger partial charge in [0.25, 0.3) is 5.91 Å². The number of rotatable bonds is 4. The molecular weight excluding hydrogens is 364 g/mol. The monoisotopic (exact) mass is 385 g/mol. The van der Waals surface area contributed by atoms with Crippen molar-refractivity contribution in [2.24, 2.45) is 0 Å². The highest BCUT2D eigenvalue weighted by atomic mass is 19.2. The predicted octanol–water partition coefficient (Wildman–Crippen LogP) is 4.05. The van der Waals surface area contributed by atoms with Gasteiger partial charge < -0.3 is 10.4 Å². The van der Waals surface area contributed by atoms with E-state index in [-0.39, 0.29) is 12.8 Å². The van der Waals surface area contributed by atoms with Gasteiger partial charge in [0.05, 0.1) is 0 Å². The van der Waals surface area contributed by atoms with Crippen molar-refractivity contribution in [2.45, 2.75) is 39.2 Å².